The van der Waals surface area contributed by atoms with Crippen molar-refractivity contribution in [2.45, 2.75) is 71.4 Å². The van der Waals surface area contributed by atoms with Crippen LogP contribution in [0.2, 0.25) is 0 Å². The Bertz CT molecular complexity index is 2220. The number of aromatic amines is 1. The third-order valence-electron chi connectivity index (χ3n) is 10.9. The second-order valence-electron chi connectivity index (χ2n) is 15.1. The zero-order valence-electron chi connectivity index (χ0n) is 32.3. The first kappa shape index (κ1) is 39.2. The number of fused-ring (bicyclic) bond motifs is 2. The number of nitrogens with one attached hydrogen (secondary N) is 1. The van der Waals surface area contributed by atoms with Gasteiger partial charge in [-0.3, -0.25) is 10.1 Å². The van der Waals surface area contributed by atoms with E-state index in [1.165, 1.54) is 26.3 Å². The van der Waals surface area contributed by atoms with Gasteiger partial charge in [0.1, 0.15) is 30.4 Å². The van der Waals surface area contributed by atoms with Crippen LogP contribution in [-0.2, 0) is 10.9 Å². The molecule has 7 rings (SSSR count). The molecule has 0 saturated carbocycles. The largest absolute Gasteiger partial charge is 0.486 e. The van der Waals surface area contributed by atoms with Crippen LogP contribution in [0.5, 0.6) is 11.8 Å². The molecule has 4 heterocycles. The highest BCUT2D eigenvalue weighted by atomic mass is 19.4. The third-order valence-corrected chi connectivity index (χ3v) is 10.9. The minimum Gasteiger partial charge on any atom is -0.486 e. The van der Waals surface area contributed by atoms with Gasteiger partial charge in [0, 0.05) is 60.1 Å². The first-order valence-corrected chi connectivity index (χ1v) is 18.8. The quantitative estimate of drug-likeness (QED) is 0.109. The second-order valence-corrected chi connectivity index (χ2v) is 15.1. The molecule has 4 aromatic rings. The lowest BCUT2D eigenvalue weighted by Crippen LogP contribution is -2.40. The lowest BCUT2D eigenvalue weighted by atomic mass is 9.89. The van der Waals surface area contributed by atoms with Gasteiger partial charge in [0.25, 0.3) is 0 Å². The summed E-state index contributed by atoms with van der Waals surface area (Å²) in [5, 5.41) is 18.1. The van der Waals surface area contributed by atoms with Gasteiger partial charge in [-0.05, 0) is 56.4 Å². The van der Waals surface area contributed by atoms with E-state index in [0.29, 0.717) is 25.4 Å². The van der Waals surface area contributed by atoms with E-state index in [1.807, 2.05) is 29.3 Å². The molecule has 0 saturated heterocycles. The molecule has 0 amide bonds. The van der Waals surface area contributed by atoms with Crippen LogP contribution in [0.3, 0.4) is 0 Å². The summed E-state index contributed by atoms with van der Waals surface area (Å²) in [6.45, 7) is 11.0. The van der Waals surface area contributed by atoms with Gasteiger partial charge >= 0.3 is 12.2 Å². The number of ether oxygens (including phenoxy) is 3. The molecule has 4 unspecified atom stereocenters. The fourth-order valence-corrected chi connectivity index (χ4v) is 7.23. The molecule has 0 spiro atoms. The number of hydrogen-bond acceptors (Lipinski definition) is 11. The van der Waals surface area contributed by atoms with Crippen molar-refractivity contribution in [1.82, 2.24) is 25.2 Å². The van der Waals surface area contributed by atoms with Gasteiger partial charge in [-0.2, -0.15) is 33.4 Å². The maximum atomic E-state index is 15.6. The van der Waals surface area contributed by atoms with E-state index < -0.39 is 23.6 Å². The number of H-pyrrole nitrogens is 1. The minimum absolute atomic E-state index is 0.00779. The molecular weight excluding hydrogens is 730 g/mol. The molecule has 16 heteroatoms. The smallest absolute Gasteiger partial charge is 0.417 e. The van der Waals surface area contributed by atoms with Crippen molar-refractivity contribution in [1.29, 1.82) is 0 Å². The number of methoxy groups -OCH3 is 1. The number of hydrogen-bond donors (Lipinski definition) is 2. The van der Waals surface area contributed by atoms with E-state index in [9.17, 15) is 0 Å². The van der Waals surface area contributed by atoms with Crippen LogP contribution in [0, 0.1) is 24.6 Å². The van der Waals surface area contributed by atoms with Gasteiger partial charge in [-0.1, -0.05) is 49.5 Å². The van der Waals surface area contributed by atoms with Crippen molar-refractivity contribution in [2.24, 2.45) is 27.9 Å². The third kappa shape index (κ3) is 7.81. The van der Waals surface area contributed by atoms with Gasteiger partial charge in [0.05, 0.1) is 36.0 Å². The zero-order valence-corrected chi connectivity index (χ0v) is 32.3. The minimum atomic E-state index is -4.91. The van der Waals surface area contributed by atoms with Crippen LogP contribution in [0.1, 0.15) is 45.2 Å². The summed E-state index contributed by atoms with van der Waals surface area (Å²) >= 11 is 0. The normalized spacial score (nSPS) is 21.1. The summed E-state index contributed by atoms with van der Waals surface area (Å²) in [6, 6.07) is 1.97. The number of nitrogens with two attached hydrogens (primary N) is 1. The van der Waals surface area contributed by atoms with Crippen LogP contribution < -0.4 is 20.1 Å². The van der Waals surface area contributed by atoms with Crippen LogP contribution in [0.4, 0.5) is 23.4 Å². The van der Waals surface area contributed by atoms with Gasteiger partial charge in [-0.15, -0.1) is 0 Å². The van der Waals surface area contributed by atoms with Crippen molar-refractivity contribution in [2.75, 3.05) is 44.9 Å². The average molecular weight is 778 g/mol. The standard InChI is InChI=1S/C40H47F4N9O3/c1-21(2)24(5)53-18-33(50-51-53)26-11-9-25(10-12-26)20-55-37-35(34-23(4)31(41)15-32-29(34)16-46-49-32)30(40(42,43)44)14-28-36(37)47-39(56-19-22(3)54-6)48-38(28)52-13-7-8-27(45)17-52/h7-11,14-16,21-22,24,26-27,33H,12-13,17-20,45H2,1-6H3,(H,46,49)/t22-,24?,26?,27?,33?/m0/s1. The Morgan fingerprint density at radius 2 is 1.84 bits per heavy atom. The first-order chi connectivity index (χ1) is 26.7. The molecule has 56 heavy (non-hydrogen) atoms. The average Bonchev–Trinajstić information content (AvgIpc) is 3.86. The van der Waals surface area contributed by atoms with Crippen LogP contribution >= 0.6 is 0 Å². The molecule has 2 aromatic carbocycles. The Hall–Kier alpha value is -5.09. The molecule has 0 fully saturated rings. The highest BCUT2D eigenvalue weighted by Gasteiger charge is 2.39. The summed E-state index contributed by atoms with van der Waals surface area (Å²) in [7, 11) is 1.54. The number of anilines is 1. The predicted molar refractivity (Wildman–Crippen MR) is 206 cm³/mol. The lowest BCUT2D eigenvalue weighted by Gasteiger charge is -2.30. The highest BCUT2D eigenvalue weighted by molar-refractivity contribution is 6.06. The summed E-state index contributed by atoms with van der Waals surface area (Å²) in [5.74, 6) is -0.207. The Labute approximate surface area is 322 Å². The Kier molecular flexibility index (Phi) is 11.1. The van der Waals surface area contributed by atoms with E-state index >= 15 is 17.6 Å². The summed E-state index contributed by atoms with van der Waals surface area (Å²) in [6.07, 6.45) is 6.42. The van der Waals surface area contributed by atoms with E-state index in [4.69, 9.17) is 24.9 Å². The molecule has 2 aromatic heterocycles. The maximum absolute atomic E-state index is 15.6. The monoisotopic (exact) mass is 777 g/mol. The molecular formula is C40H47F4N9O3. The molecule has 298 valence electrons. The molecule has 3 N–H and O–H groups in total. The Morgan fingerprint density at radius 1 is 1.04 bits per heavy atom. The molecule has 3 aliphatic rings. The Balaban J connectivity index is 1.37. The van der Waals surface area contributed by atoms with Crippen LogP contribution in [-0.4, -0.2) is 89.4 Å². The van der Waals surface area contributed by atoms with Crippen LogP contribution in [0.15, 0.2) is 64.6 Å². The summed E-state index contributed by atoms with van der Waals surface area (Å²) in [5.41, 5.74) is 5.88. The van der Waals surface area contributed by atoms with Crippen molar-refractivity contribution in [3.8, 4) is 22.9 Å². The fraction of sp³-hybridized carbons (Fsp3) is 0.475. The topological polar surface area (TPSA) is 139 Å². The molecule has 0 bridgehead atoms. The van der Waals surface area contributed by atoms with Gasteiger partial charge in [0.2, 0.25) is 0 Å². The molecule has 1 aliphatic carbocycles. The van der Waals surface area contributed by atoms with Crippen LogP contribution in [0.25, 0.3) is 32.9 Å². The first-order valence-electron chi connectivity index (χ1n) is 18.8. The number of benzene rings is 2. The van der Waals surface area contributed by atoms with E-state index in [0.717, 1.165) is 11.6 Å². The maximum Gasteiger partial charge on any atom is 0.417 e. The number of aromatic nitrogens is 4. The van der Waals surface area contributed by atoms with Gasteiger partial charge in [-0.25, -0.2) is 4.39 Å². The number of halogens is 4. The van der Waals surface area contributed by atoms with E-state index in [-0.39, 0.29) is 99.9 Å². The van der Waals surface area contributed by atoms with Gasteiger partial charge < -0.3 is 24.8 Å². The highest BCUT2D eigenvalue weighted by Crippen LogP contribution is 2.50. The van der Waals surface area contributed by atoms with Crippen molar-refractivity contribution >= 4 is 27.6 Å². The van der Waals surface area contributed by atoms with E-state index in [1.54, 1.807) is 11.8 Å². The molecule has 12 nitrogen and oxygen atoms in total. The molecule has 0 radical (unpaired) electrons. The van der Waals surface area contributed by atoms with Gasteiger partial charge in [0.15, 0.2) is 5.75 Å². The van der Waals surface area contributed by atoms with Crippen molar-refractivity contribution in [3.63, 3.8) is 0 Å². The fourth-order valence-electron chi connectivity index (χ4n) is 7.23. The SMILES string of the molecule is CO[C@@H](C)COc1nc(N2CC=CC(N)C2)c2cc(C(F)(F)F)c(-c3c(C)c(F)cc4[nH]ncc34)c(OCC3=CCC(C4CN(C(C)C(C)C)N=N4)C=C3)c2n1. The predicted octanol–water partition coefficient (Wildman–Crippen LogP) is 7.73. The number of alkyl halides is 3. The van der Waals surface area contributed by atoms with E-state index in [2.05, 4.69) is 52.4 Å². The summed E-state index contributed by atoms with van der Waals surface area (Å²) in [4.78, 5) is 11.1. The summed E-state index contributed by atoms with van der Waals surface area (Å²) < 4.78 is 80.1. The Morgan fingerprint density at radius 3 is 2.54 bits per heavy atom. The zero-order chi connectivity index (χ0) is 39.9. The number of nitrogens with zero attached hydrogens (tertiary/aromatic N) is 7. The molecule has 5 atom stereocenters. The number of rotatable bonds is 12. The second kappa shape index (κ2) is 15.8. The van der Waals surface area contributed by atoms with Crippen molar-refractivity contribution in [3.05, 3.63) is 71.2 Å². The molecule has 2 aliphatic heterocycles. The van der Waals surface area contributed by atoms with Crippen molar-refractivity contribution < 1.29 is 31.8 Å². The number of allylic oxidation sites excluding steroid dienone is 1. The lowest BCUT2D eigenvalue weighted by molar-refractivity contribution is -0.137.